The van der Waals surface area contributed by atoms with E-state index < -0.39 is 0 Å². The number of methoxy groups -OCH3 is 1. The van der Waals surface area contributed by atoms with Crippen molar-refractivity contribution in [2.45, 2.75) is 40.3 Å². The topological polar surface area (TPSA) is 30.5 Å². The predicted molar refractivity (Wildman–Crippen MR) is 99.7 cm³/mol. The lowest BCUT2D eigenvalue weighted by Gasteiger charge is -2.16. The monoisotopic (exact) mass is 327 g/mol. The van der Waals surface area contributed by atoms with Crippen molar-refractivity contribution in [3.63, 3.8) is 0 Å². The first-order chi connectivity index (χ1) is 11.6. The molecule has 3 heteroatoms. The summed E-state index contributed by atoms with van der Waals surface area (Å²) >= 11 is 0. The molecule has 0 heterocycles. The van der Waals surface area contributed by atoms with Crippen molar-refractivity contribution >= 4 is 0 Å². The largest absolute Gasteiger partial charge is 0.493 e. The Labute approximate surface area is 146 Å². The van der Waals surface area contributed by atoms with E-state index in [2.05, 4.69) is 44.3 Å². The van der Waals surface area contributed by atoms with E-state index >= 15 is 0 Å². The minimum Gasteiger partial charge on any atom is -0.493 e. The maximum Gasteiger partial charge on any atom is 0.166 e. The van der Waals surface area contributed by atoms with Crippen LogP contribution >= 0.6 is 0 Å². The molecule has 0 saturated heterocycles. The summed E-state index contributed by atoms with van der Waals surface area (Å²) in [6, 6.07) is 14.4. The van der Waals surface area contributed by atoms with Gasteiger partial charge in [-0.2, -0.15) is 0 Å². The van der Waals surface area contributed by atoms with Crippen LogP contribution in [0.25, 0.3) is 0 Å². The van der Waals surface area contributed by atoms with Crippen LogP contribution in [0.5, 0.6) is 11.5 Å². The fourth-order valence-corrected chi connectivity index (χ4v) is 2.56. The van der Waals surface area contributed by atoms with Gasteiger partial charge in [0.2, 0.25) is 0 Å². The van der Waals surface area contributed by atoms with Crippen molar-refractivity contribution in [1.82, 2.24) is 5.32 Å². The second-order valence-corrected chi connectivity index (χ2v) is 6.52. The number of benzene rings is 2. The molecule has 1 N–H and O–H groups in total. The molecule has 0 bridgehead atoms. The average Bonchev–Trinajstić information content (AvgIpc) is 2.58. The molecule has 24 heavy (non-hydrogen) atoms. The quantitative estimate of drug-likeness (QED) is 0.676. The Morgan fingerprint density at radius 2 is 1.75 bits per heavy atom. The highest BCUT2D eigenvalue weighted by molar-refractivity contribution is 5.46. The van der Waals surface area contributed by atoms with Gasteiger partial charge < -0.3 is 14.8 Å². The lowest BCUT2D eigenvalue weighted by Crippen LogP contribution is -2.17. The van der Waals surface area contributed by atoms with Gasteiger partial charge in [0.25, 0.3) is 0 Å². The summed E-state index contributed by atoms with van der Waals surface area (Å²) in [5.74, 6) is 2.33. The molecule has 2 aromatic carbocycles. The number of aryl methyl sites for hydroxylation is 1. The van der Waals surface area contributed by atoms with Gasteiger partial charge in [-0.05, 0) is 43.0 Å². The highest BCUT2D eigenvalue weighted by atomic mass is 16.5. The van der Waals surface area contributed by atoms with Crippen LogP contribution in [0.3, 0.4) is 0 Å². The molecule has 0 amide bonds. The highest BCUT2D eigenvalue weighted by Gasteiger charge is 2.11. The van der Waals surface area contributed by atoms with Gasteiger partial charge in [0.1, 0.15) is 6.61 Å². The second kappa shape index (κ2) is 9.33. The molecule has 0 radical (unpaired) electrons. The predicted octanol–water partition coefficient (Wildman–Crippen LogP) is 4.72. The molecule has 0 unspecified atom stereocenters. The lowest BCUT2D eigenvalue weighted by molar-refractivity contribution is 0.280. The van der Waals surface area contributed by atoms with E-state index in [0.29, 0.717) is 12.5 Å². The first-order valence-corrected chi connectivity index (χ1v) is 8.65. The molecular weight excluding hydrogens is 298 g/mol. The summed E-state index contributed by atoms with van der Waals surface area (Å²) in [5.41, 5.74) is 3.57. The van der Waals surface area contributed by atoms with Gasteiger partial charge in [-0.3, -0.25) is 0 Å². The number of rotatable bonds is 9. The van der Waals surface area contributed by atoms with Gasteiger partial charge in [-0.15, -0.1) is 0 Å². The first kappa shape index (κ1) is 18.3. The molecule has 0 fully saturated rings. The summed E-state index contributed by atoms with van der Waals surface area (Å²) in [4.78, 5) is 0. The van der Waals surface area contributed by atoms with Crippen molar-refractivity contribution in [1.29, 1.82) is 0 Å². The zero-order valence-corrected chi connectivity index (χ0v) is 15.3. The summed E-state index contributed by atoms with van der Waals surface area (Å²) < 4.78 is 11.6. The van der Waals surface area contributed by atoms with Crippen molar-refractivity contribution in [2.24, 2.45) is 5.92 Å². The van der Waals surface area contributed by atoms with Crippen molar-refractivity contribution in [3.05, 3.63) is 59.2 Å². The molecule has 0 aliphatic carbocycles. The zero-order chi connectivity index (χ0) is 17.4. The van der Waals surface area contributed by atoms with E-state index in [9.17, 15) is 0 Å². The van der Waals surface area contributed by atoms with E-state index in [1.54, 1.807) is 7.11 Å². The van der Waals surface area contributed by atoms with Crippen LogP contribution in [-0.4, -0.2) is 13.7 Å². The van der Waals surface area contributed by atoms with Gasteiger partial charge in [-0.1, -0.05) is 50.2 Å². The first-order valence-electron chi connectivity index (χ1n) is 8.65. The number of para-hydroxylation sites is 1. The molecule has 130 valence electrons. The Morgan fingerprint density at radius 3 is 2.46 bits per heavy atom. The molecule has 2 aromatic rings. The molecule has 3 nitrogen and oxygen atoms in total. The van der Waals surface area contributed by atoms with E-state index in [-0.39, 0.29) is 0 Å². The number of hydrogen-bond acceptors (Lipinski definition) is 3. The molecule has 0 atom stereocenters. The number of hydrogen-bond donors (Lipinski definition) is 1. The Bertz CT molecular complexity index is 637. The SMILES string of the molecule is COc1cccc(CNCCC(C)C)c1OCc1ccccc1C. The highest BCUT2D eigenvalue weighted by Crippen LogP contribution is 2.32. The van der Waals surface area contributed by atoms with E-state index in [1.165, 1.54) is 17.5 Å². The fourth-order valence-electron chi connectivity index (χ4n) is 2.56. The van der Waals surface area contributed by atoms with Crippen LogP contribution < -0.4 is 14.8 Å². The Balaban J connectivity index is 2.07. The summed E-state index contributed by atoms with van der Waals surface area (Å²) in [5, 5.41) is 3.50. The Kier molecular flexibility index (Phi) is 7.13. The van der Waals surface area contributed by atoms with Crippen LogP contribution in [0.1, 0.15) is 37.0 Å². The van der Waals surface area contributed by atoms with Crippen LogP contribution in [0.15, 0.2) is 42.5 Å². The fraction of sp³-hybridized carbons (Fsp3) is 0.429. The minimum absolute atomic E-state index is 0.548. The molecule has 0 aliphatic heterocycles. The molecule has 0 spiro atoms. The maximum absolute atomic E-state index is 6.14. The third-order valence-corrected chi connectivity index (χ3v) is 4.13. The molecular formula is C21H29NO2. The smallest absolute Gasteiger partial charge is 0.166 e. The summed E-state index contributed by atoms with van der Waals surface area (Å²) in [6.45, 7) is 8.92. The lowest BCUT2D eigenvalue weighted by atomic mass is 10.1. The number of nitrogens with one attached hydrogen (secondary N) is 1. The molecule has 0 aliphatic rings. The van der Waals surface area contributed by atoms with Crippen molar-refractivity contribution in [2.75, 3.05) is 13.7 Å². The van der Waals surface area contributed by atoms with Crippen molar-refractivity contribution in [3.8, 4) is 11.5 Å². The van der Waals surface area contributed by atoms with Gasteiger partial charge in [0.15, 0.2) is 11.5 Å². The Hall–Kier alpha value is -2.00. The molecule has 0 saturated carbocycles. The zero-order valence-electron chi connectivity index (χ0n) is 15.3. The normalized spacial score (nSPS) is 10.9. The van der Waals surface area contributed by atoms with Gasteiger partial charge in [-0.25, -0.2) is 0 Å². The standard InChI is InChI=1S/C21H29NO2/c1-16(2)12-13-22-14-18-10-7-11-20(23-4)21(18)24-15-19-9-6-5-8-17(19)3/h5-11,16,22H,12-15H2,1-4H3. The maximum atomic E-state index is 6.14. The summed E-state index contributed by atoms with van der Waals surface area (Å²) in [7, 11) is 1.69. The van der Waals surface area contributed by atoms with Gasteiger partial charge in [0.05, 0.1) is 7.11 Å². The minimum atomic E-state index is 0.548. The van der Waals surface area contributed by atoms with Crippen LogP contribution in [-0.2, 0) is 13.2 Å². The van der Waals surface area contributed by atoms with E-state index in [0.717, 1.165) is 30.2 Å². The van der Waals surface area contributed by atoms with Crippen LogP contribution in [0, 0.1) is 12.8 Å². The summed E-state index contributed by atoms with van der Waals surface area (Å²) in [6.07, 6.45) is 1.17. The van der Waals surface area contributed by atoms with E-state index in [1.807, 2.05) is 24.3 Å². The van der Waals surface area contributed by atoms with E-state index in [4.69, 9.17) is 9.47 Å². The van der Waals surface area contributed by atoms with Crippen LogP contribution in [0.4, 0.5) is 0 Å². The van der Waals surface area contributed by atoms with Crippen LogP contribution in [0.2, 0.25) is 0 Å². The third-order valence-electron chi connectivity index (χ3n) is 4.13. The van der Waals surface area contributed by atoms with Gasteiger partial charge in [0, 0.05) is 12.1 Å². The second-order valence-electron chi connectivity index (χ2n) is 6.52. The average molecular weight is 327 g/mol. The third kappa shape index (κ3) is 5.27. The Morgan fingerprint density at radius 1 is 1.00 bits per heavy atom. The molecule has 0 aromatic heterocycles. The number of ether oxygens (including phenoxy) is 2. The van der Waals surface area contributed by atoms with Gasteiger partial charge >= 0.3 is 0 Å². The van der Waals surface area contributed by atoms with Crippen molar-refractivity contribution < 1.29 is 9.47 Å². The molecule has 2 rings (SSSR count).